The van der Waals surface area contributed by atoms with Crippen LogP contribution in [0.25, 0.3) is 22.1 Å². The predicted octanol–water partition coefficient (Wildman–Crippen LogP) is 4.34. The molecule has 8 heteroatoms. The molecule has 2 aromatic carbocycles. The van der Waals surface area contributed by atoms with Gasteiger partial charge in [0, 0.05) is 31.4 Å². The number of pyridine rings is 1. The van der Waals surface area contributed by atoms with Crippen LogP contribution in [0.15, 0.2) is 61.2 Å². The normalized spacial score (nSPS) is 16.2. The molecule has 0 radical (unpaired) electrons. The zero-order valence-corrected chi connectivity index (χ0v) is 19.9. The van der Waals surface area contributed by atoms with Crippen molar-refractivity contribution in [2.75, 3.05) is 29.9 Å². The van der Waals surface area contributed by atoms with Gasteiger partial charge in [0.2, 0.25) is 0 Å². The number of fused-ring (bicyclic) bond motifs is 2. The lowest BCUT2D eigenvalue weighted by atomic mass is 9.99. The first-order valence-corrected chi connectivity index (χ1v) is 12.0. The number of H-pyrrole nitrogens is 1. The van der Waals surface area contributed by atoms with Gasteiger partial charge in [0.1, 0.15) is 17.7 Å². The minimum atomic E-state index is 0.439. The molecule has 1 aliphatic rings. The van der Waals surface area contributed by atoms with Crippen molar-refractivity contribution in [1.82, 2.24) is 30.2 Å². The highest BCUT2D eigenvalue weighted by atomic mass is 15.2. The Labute approximate surface area is 203 Å². The molecule has 176 valence electrons. The zero-order valence-electron chi connectivity index (χ0n) is 19.9. The van der Waals surface area contributed by atoms with Crippen LogP contribution in [0.5, 0.6) is 0 Å². The van der Waals surface area contributed by atoms with Crippen LogP contribution in [-0.4, -0.2) is 50.6 Å². The number of imidazole rings is 1. The van der Waals surface area contributed by atoms with E-state index in [-0.39, 0.29) is 0 Å². The van der Waals surface area contributed by atoms with Crippen molar-refractivity contribution in [1.29, 1.82) is 0 Å². The Morgan fingerprint density at radius 3 is 2.83 bits per heavy atom. The predicted molar refractivity (Wildman–Crippen MR) is 140 cm³/mol. The van der Waals surface area contributed by atoms with Gasteiger partial charge in [-0.25, -0.2) is 19.9 Å². The smallest absolute Gasteiger partial charge is 0.160 e. The van der Waals surface area contributed by atoms with Crippen LogP contribution in [0.3, 0.4) is 0 Å². The van der Waals surface area contributed by atoms with E-state index < -0.39 is 0 Å². The molecule has 1 aliphatic heterocycles. The van der Waals surface area contributed by atoms with Crippen LogP contribution >= 0.6 is 0 Å². The fourth-order valence-corrected chi connectivity index (χ4v) is 4.76. The van der Waals surface area contributed by atoms with E-state index in [1.165, 1.54) is 16.7 Å². The molecule has 0 bridgehead atoms. The number of nitrogens with zero attached hydrogens (tertiary/aromatic N) is 5. The van der Waals surface area contributed by atoms with E-state index in [2.05, 4.69) is 91.8 Å². The Hall–Kier alpha value is -4.04. The van der Waals surface area contributed by atoms with Crippen LogP contribution in [0.4, 0.5) is 17.3 Å². The van der Waals surface area contributed by atoms with E-state index in [4.69, 9.17) is 4.98 Å². The Kier molecular flexibility index (Phi) is 5.50. The maximum Gasteiger partial charge on any atom is 0.160 e. The highest BCUT2D eigenvalue weighted by Gasteiger charge is 2.18. The molecule has 0 spiro atoms. The average Bonchev–Trinajstić information content (AvgIpc) is 3.34. The van der Waals surface area contributed by atoms with Gasteiger partial charge in [0.15, 0.2) is 5.82 Å². The van der Waals surface area contributed by atoms with Crippen molar-refractivity contribution in [2.24, 2.45) is 0 Å². The first-order chi connectivity index (χ1) is 17.1. The number of piperazine rings is 1. The summed E-state index contributed by atoms with van der Waals surface area (Å²) in [7, 11) is 0. The highest BCUT2D eigenvalue weighted by Crippen LogP contribution is 2.26. The fourth-order valence-electron chi connectivity index (χ4n) is 4.76. The number of nitrogens with one attached hydrogen (secondary N) is 3. The minimum Gasteiger partial charge on any atom is -0.354 e. The zero-order chi connectivity index (χ0) is 23.8. The summed E-state index contributed by atoms with van der Waals surface area (Å²) >= 11 is 0. The Balaban J connectivity index is 1.25. The topological polar surface area (TPSA) is 94.7 Å². The molecular weight excluding hydrogens is 436 g/mol. The van der Waals surface area contributed by atoms with Crippen LogP contribution < -0.4 is 15.5 Å². The molecule has 1 atom stereocenters. The van der Waals surface area contributed by atoms with E-state index in [9.17, 15) is 0 Å². The molecule has 1 saturated heterocycles. The standard InChI is InChI=1S/C27H28N8/c1-17-11-21(5-4-20(17)12-19-3-6-22-24(13-19)31-15-29-22)33-27-26-23(30-16-32-27)7-8-25(34-26)35-10-9-28-18(2)14-35/h3-8,11,13,15-16,18,28H,9-10,12,14H2,1-2H3,(H,29,31)(H,30,32,33)/t18-/m1/s1. The van der Waals surface area contributed by atoms with Gasteiger partial charge >= 0.3 is 0 Å². The lowest BCUT2D eigenvalue weighted by Gasteiger charge is -2.32. The van der Waals surface area contributed by atoms with Gasteiger partial charge in [-0.2, -0.15) is 0 Å². The van der Waals surface area contributed by atoms with Crippen molar-refractivity contribution in [2.45, 2.75) is 26.3 Å². The fraction of sp³-hybridized carbons (Fsp3) is 0.259. The van der Waals surface area contributed by atoms with Crippen molar-refractivity contribution in [3.8, 4) is 0 Å². The Bertz CT molecular complexity index is 1510. The molecule has 0 amide bonds. The molecular formula is C27H28N8. The average molecular weight is 465 g/mol. The monoisotopic (exact) mass is 464 g/mol. The van der Waals surface area contributed by atoms with Gasteiger partial charge < -0.3 is 20.5 Å². The van der Waals surface area contributed by atoms with Crippen LogP contribution in [0, 0.1) is 6.92 Å². The summed E-state index contributed by atoms with van der Waals surface area (Å²) in [5.41, 5.74) is 8.42. The lowest BCUT2D eigenvalue weighted by Crippen LogP contribution is -2.49. The quantitative estimate of drug-likeness (QED) is 0.356. The molecule has 35 heavy (non-hydrogen) atoms. The molecule has 5 aromatic rings. The van der Waals surface area contributed by atoms with Gasteiger partial charge in [-0.3, -0.25) is 0 Å². The van der Waals surface area contributed by atoms with Crippen LogP contribution in [0.2, 0.25) is 0 Å². The summed E-state index contributed by atoms with van der Waals surface area (Å²) in [6.07, 6.45) is 4.19. The molecule has 8 nitrogen and oxygen atoms in total. The van der Waals surface area contributed by atoms with Gasteiger partial charge in [-0.1, -0.05) is 12.1 Å². The van der Waals surface area contributed by atoms with E-state index >= 15 is 0 Å². The molecule has 0 unspecified atom stereocenters. The molecule has 0 saturated carbocycles. The van der Waals surface area contributed by atoms with Gasteiger partial charge in [-0.15, -0.1) is 0 Å². The minimum absolute atomic E-state index is 0.439. The van der Waals surface area contributed by atoms with E-state index in [0.717, 1.165) is 65.4 Å². The number of benzene rings is 2. The van der Waals surface area contributed by atoms with Gasteiger partial charge in [-0.05, 0) is 73.4 Å². The van der Waals surface area contributed by atoms with E-state index in [1.54, 1.807) is 12.7 Å². The summed E-state index contributed by atoms with van der Waals surface area (Å²) in [4.78, 5) is 23.7. The lowest BCUT2D eigenvalue weighted by molar-refractivity contribution is 0.482. The molecule has 3 N–H and O–H groups in total. The molecule has 6 rings (SSSR count). The number of anilines is 3. The number of rotatable bonds is 5. The van der Waals surface area contributed by atoms with Crippen molar-refractivity contribution in [3.63, 3.8) is 0 Å². The molecule has 1 fully saturated rings. The number of hydrogen-bond acceptors (Lipinski definition) is 7. The number of aryl methyl sites for hydroxylation is 1. The first-order valence-electron chi connectivity index (χ1n) is 12.0. The maximum atomic E-state index is 4.95. The summed E-state index contributed by atoms with van der Waals surface area (Å²) in [6, 6.07) is 17.3. The molecule has 0 aliphatic carbocycles. The second kappa shape index (κ2) is 8.96. The van der Waals surface area contributed by atoms with Crippen molar-refractivity contribution >= 4 is 39.4 Å². The largest absolute Gasteiger partial charge is 0.354 e. The van der Waals surface area contributed by atoms with Gasteiger partial charge in [0.25, 0.3) is 0 Å². The highest BCUT2D eigenvalue weighted by molar-refractivity contribution is 5.88. The SMILES string of the molecule is Cc1cc(Nc2ncnc3ccc(N4CCN[C@H](C)C4)nc23)ccc1Cc1ccc2nc[nH]c2c1. The number of aromatic amines is 1. The number of aromatic nitrogens is 5. The van der Waals surface area contributed by atoms with Crippen LogP contribution in [0.1, 0.15) is 23.6 Å². The second-order valence-electron chi connectivity index (χ2n) is 9.26. The Morgan fingerprint density at radius 2 is 1.94 bits per heavy atom. The van der Waals surface area contributed by atoms with Crippen molar-refractivity contribution in [3.05, 3.63) is 77.9 Å². The third kappa shape index (κ3) is 4.40. The van der Waals surface area contributed by atoms with Crippen LogP contribution in [-0.2, 0) is 6.42 Å². The summed E-state index contributed by atoms with van der Waals surface area (Å²) in [5.74, 6) is 1.68. The summed E-state index contributed by atoms with van der Waals surface area (Å²) < 4.78 is 0. The maximum absolute atomic E-state index is 4.95. The van der Waals surface area contributed by atoms with E-state index in [0.29, 0.717) is 6.04 Å². The third-order valence-corrected chi connectivity index (χ3v) is 6.64. The van der Waals surface area contributed by atoms with Gasteiger partial charge in [0.05, 0.1) is 22.9 Å². The first kappa shape index (κ1) is 21.5. The third-order valence-electron chi connectivity index (χ3n) is 6.64. The van der Waals surface area contributed by atoms with Crippen molar-refractivity contribution < 1.29 is 0 Å². The summed E-state index contributed by atoms with van der Waals surface area (Å²) in [6.45, 7) is 7.18. The molecule has 3 aromatic heterocycles. The Morgan fingerprint density at radius 1 is 1.03 bits per heavy atom. The summed E-state index contributed by atoms with van der Waals surface area (Å²) in [5, 5.41) is 6.96. The number of hydrogen-bond donors (Lipinski definition) is 3. The van der Waals surface area contributed by atoms with E-state index in [1.807, 2.05) is 6.07 Å². The second-order valence-corrected chi connectivity index (χ2v) is 9.26. The molecule has 4 heterocycles.